The predicted molar refractivity (Wildman–Crippen MR) is 73.3 cm³/mol. The maximum absolute atomic E-state index is 12.0. The third kappa shape index (κ3) is 7.29. The summed E-state index contributed by atoms with van der Waals surface area (Å²) in [6.45, 7) is 1.40. The lowest BCUT2D eigenvalue weighted by molar-refractivity contribution is -0.174. The summed E-state index contributed by atoms with van der Waals surface area (Å²) in [7, 11) is 1.74. The molecule has 7 heteroatoms. The van der Waals surface area contributed by atoms with E-state index in [0.717, 1.165) is 12.0 Å². The van der Waals surface area contributed by atoms with Crippen LogP contribution in [0.5, 0.6) is 5.75 Å². The summed E-state index contributed by atoms with van der Waals surface area (Å²) in [6.07, 6.45) is 0.316. The average Bonchev–Trinajstić information content (AvgIpc) is 2.44. The summed E-state index contributed by atoms with van der Waals surface area (Å²) in [5.74, 6) is 0.658. The SMILES string of the molecule is CCCOc1cncc(C(CCOCC(F)(F)F)NC)c1. The van der Waals surface area contributed by atoms with E-state index in [2.05, 4.69) is 15.0 Å². The summed E-state index contributed by atoms with van der Waals surface area (Å²) < 4.78 is 46.1. The number of alkyl halides is 3. The Morgan fingerprint density at radius 1 is 1.29 bits per heavy atom. The molecule has 0 bridgehead atoms. The van der Waals surface area contributed by atoms with Gasteiger partial charge in [0.15, 0.2) is 0 Å². The standard InChI is InChI=1S/C14H21F3N2O2/c1-3-5-21-12-7-11(8-19-9-12)13(18-2)4-6-20-10-14(15,16)17/h7-9,13,18H,3-6,10H2,1-2H3. The molecule has 0 fully saturated rings. The van der Waals surface area contributed by atoms with Crippen LogP contribution in [0.2, 0.25) is 0 Å². The Hall–Kier alpha value is -1.34. The number of nitrogens with zero attached hydrogens (tertiary/aromatic N) is 1. The van der Waals surface area contributed by atoms with Crippen LogP contribution in [0.1, 0.15) is 31.4 Å². The van der Waals surface area contributed by atoms with Gasteiger partial charge >= 0.3 is 6.18 Å². The van der Waals surface area contributed by atoms with Gasteiger partial charge in [-0.1, -0.05) is 6.92 Å². The number of rotatable bonds is 9. The number of pyridine rings is 1. The summed E-state index contributed by atoms with van der Waals surface area (Å²) in [5, 5.41) is 3.04. The molecule has 0 aliphatic heterocycles. The van der Waals surface area contributed by atoms with Gasteiger partial charge in [-0.15, -0.1) is 0 Å². The van der Waals surface area contributed by atoms with Gasteiger partial charge in [-0.05, 0) is 31.5 Å². The van der Waals surface area contributed by atoms with Crippen LogP contribution in [0.15, 0.2) is 18.5 Å². The van der Waals surface area contributed by atoms with E-state index in [4.69, 9.17) is 4.74 Å². The number of halogens is 3. The van der Waals surface area contributed by atoms with E-state index < -0.39 is 12.8 Å². The second kappa shape index (κ2) is 8.84. The molecule has 1 unspecified atom stereocenters. The largest absolute Gasteiger partial charge is 0.492 e. The van der Waals surface area contributed by atoms with Gasteiger partial charge in [0.1, 0.15) is 12.4 Å². The normalized spacial score (nSPS) is 13.2. The quantitative estimate of drug-likeness (QED) is 0.712. The number of aromatic nitrogens is 1. The molecule has 1 aromatic heterocycles. The average molecular weight is 306 g/mol. The maximum atomic E-state index is 12.0. The highest BCUT2D eigenvalue weighted by Gasteiger charge is 2.27. The lowest BCUT2D eigenvalue weighted by Gasteiger charge is -2.17. The Morgan fingerprint density at radius 3 is 2.67 bits per heavy atom. The van der Waals surface area contributed by atoms with Crippen molar-refractivity contribution in [2.45, 2.75) is 32.0 Å². The van der Waals surface area contributed by atoms with Gasteiger partial charge in [0, 0.05) is 18.8 Å². The van der Waals surface area contributed by atoms with Crippen molar-refractivity contribution in [3.63, 3.8) is 0 Å². The molecule has 1 rings (SSSR count). The molecule has 1 aromatic rings. The first-order chi connectivity index (χ1) is 9.96. The topological polar surface area (TPSA) is 43.4 Å². The molecule has 120 valence electrons. The molecule has 0 aromatic carbocycles. The van der Waals surface area contributed by atoms with Gasteiger partial charge in [-0.2, -0.15) is 13.2 Å². The van der Waals surface area contributed by atoms with E-state index in [0.29, 0.717) is 18.8 Å². The van der Waals surface area contributed by atoms with Gasteiger partial charge < -0.3 is 14.8 Å². The zero-order valence-corrected chi connectivity index (χ0v) is 12.2. The highest BCUT2D eigenvalue weighted by molar-refractivity contribution is 5.26. The van der Waals surface area contributed by atoms with Gasteiger partial charge in [-0.25, -0.2) is 0 Å². The molecule has 0 radical (unpaired) electrons. The summed E-state index contributed by atoms with van der Waals surface area (Å²) in [6, 6.07) is 1.71. The van der Waals surface area contributed by atoms with Gasteiger partial charge in [0.2, 0.25) is 0 Å². The Bertz CT molecular complexity index is 413. The minimum absolute atomic E-state index is 0.0189. The Morgan fingerprint density at radius 2 is 2.05 bits per heavy atom. The molecule has 0 saturated heterocycles. The van der Waals surface area contributed by atoms with E-state index in [-0.39, 0.29) is 12.6 Å². The van der Waals surface area contributed by atoms with Crippen molar-refractivity contribution in [2.75, 3.05) is 26.9 Å². The molecule has 0 aliphatic rings. The molecular weight excluding hydrogens is 285 g/mol. The molecule has 1 N–H and O–H groups in total. The number of hydrogen-bond acceptors (Lipinski definition) is 4. The van der Waals surface area contributed by atoms with Crippen molar-refractivity contribution in [3.05, 3.63) is 24.0 Å². The molecule has 1 atom stereocenters. The fourth-order valence-corrected chi connectivity index (χ4v) is 1.79. The molecule has 0 aliphatic carbocycles. The molecule has 1 heterocycles. The lowest BCUT2D eigenvalue weighted by atomic mass is 10.1. The van der Waals surface area contributed by atoms with Crippen molar-refractivity contribution in [1.82, 2.24) is 10.3 Å². The minimum atomic E-state index is -4.29. The Labute approximate surface area is 122 Å². The van der Waals surface area contributed by atoms with Crippen LogP contribution in [0.3, 0.4) is 0 Å². The molecular formula is C14H21F3N2O2. The second-order valence-electron chi connectivity index (χ2n) is 4.60. The third-order valence-electron chi connectivity index (χ3n) is 2.77. The Kier molecular flexibility index (Phi) is 7.45. The number of nitrogens with one attached hydrogen (secondary N) is 1. The van der Waals surface area contributed by atoms with Gasteiger partial charge in [0.25, 0.3) is 0 Å². The van der Waals surface area contributed by atoms with Crippen LogP contribution in [0.4, 0.5) is 13.2 Å². The van der Waals surface area contributed by atoms with Gasteiger partial charge in [-0.3, -0.25) is 4.98 Å². The van der Waals surface area contributed by atoms with E-state index in [9.17, 15) is 13.2 Å². The van der Waals surface area contributed by atoms with Crippen LogP contribution in [0, 0.1) is 0 Å². The van der Waals surface area contributed by atoms with Crippen molar-refractivity contribution in [3.8, 4) is 5.75 Å². The number of ether oxygens (including phenoxy) is 2. The Balaban J connectivity index is 2.51. The first-order valence-corrected chi connectivity index (χ1v) is 6.85. The highest BCUT2D eigenvalue weighted by atomic mass is 19.4. The van der Waals surface area contributed by atoms with E-state index in [1.165, 1.54) is 0 Å². The molecule has 0 saturated carbocycles. The van der Waals surface area contributed by atoms with Crippen LogP contribution in [0.25, 0.3) is 0 Å². The van der Waals surface area contributed by atoms with Crippen molar-refractivity contribution in [1.29, 1.82) is 0 Å². The molecule has 0 spiro atoms. The fraction of sp³-hybridized carbons (Fsp3) is 0.643. The second-order valence-corrected chi connectivity index (χ2v) is 4.60. The first kappa shape index (κ1) is 17.7. The summed E-state index contributed by atoms with van der Waals surface area (Å²) >= 11 is 0. The minimum Gasteiger partial charge on any atom is -0.492 e. The smallest absolute Gasteiger partial charge is 0.411 e. The van der Waals surface area contributed by atoms with E-state index in [1.54, 1.807) is 19.4 Å². The van der Waals surface area contributed by atoms with Crippen molar-refractivity contribution < 1.29 is 22.6 Å². The zero-order chi connectivity index (χ0) is 15.7. The molecule has 21 heavy (non-hydrogen) atoms. The van der Waals surface area contributed by atoms with Crippen LogP contribution in [-0.2, 0) is 4.74 Å². The monoisotopic (exact) mass is 306 g/mol. The fourth-order valence-electron chi connectivity index (χ4n) is 1.79. The third-order valence-corrected chi connectivity index (χ3v) is 2.77. The molecule has 0 amide bonds. The predicted octanol–water partition coefficient (Wildman–Crippen LogP) is 3.10. The van der Waals surface area contributed by atoms with E-state index >= 15 is 0 Å². The van der Waals surface area contributed by atoms with Crippen LogP contribution >= 0.6 is 0 Å². The van der Waals surface area contributed by atoms with E-state index in [1.807, 2.05) is 13.0 Å². The highest BCUT2D eigenvalue weighted by Crippen LogP contribution is 2.21. The van der Waals surface area contributed by atoms with Crippen molar-refractivity contribution in [2.24, 2.45) is 0 Å². The zero-order valence-electron chi connectivity index (χ0n) is 12.2. The number of hydrogen-bond donors (Lipinski definition) is 1. The lowest BCUT2D eigenvalue weighted by Crippen LogP contribution is -2.21. The van der Waals surface area contributed by atoms with Crippen LogP contribution < -0.4 is 10.1 Å². The summed E-state index contributed by atoms with van der Waals surface area (Å²) in [4.78, 5) is 4.09. The summed E-state index contributed by atoms with van der Waals surface area (Å²) in [5.41, 5.74) is 0.863. The van der Waals surface area contributed by atoms with Crippen molar-refractivity contribution >= 4 is 0 Å². The first-order valence-electron chi connectivity index (χ1n) is 6.85. The maximum Gasteiger partial charge on any atom is 0.411 e. The molecule has 4 nitrogen and oxygen atoms in total. The van der Waals surface area contributed by atoms with Crippen LogP contribution in [-0.4, -0.2) is 38.0 Å². The van der Waals surface area contributed by atoms with Gasteiger partial charge in [0.05, 0.1) is 12.8 Å².